The minimum Gasteiger partial charge on any atom is -0.462 e. The van der Waals surface area contributed by atoms with Gasteiger partial charge in [0, 0.05) is 18.5 Å². The number of anilines is 1. The van der Waals surface area contributed by atoms with E-state index < -0.39 is 5.97 Å². The fraction of sp³-hybridized carbons (Fsp3) is 0.192. The zero-order chi connectivity index (χ0) is 24.2. The van der Waals surface area contributed by atoms with Gasteiger partial charge in [0.25, 0.3) is 5.56 Å². The molecule has 0 unspecified atom stereocenters. The van der Waals surface area contributed by atoms with Crippen molar-refractivity contribution in [1.29, 1.82) is 5.26 Å². The molecule has 34 heavy (non-hydrogen) atoms. The number of carbonyl (C=O) groups excluding carboxylic acids is 1. The van der Waals surface area contributed by atoms with Crippen LogP contribution in [0.3, 0.4) is 0 Å². The first-order valence-electron chi connectivity index (χ1n) is 10.8. The summed E-state index contributed by atoms with van der Waals surface area (Å²) in [7, 11) is 2.00. The maximum absolute atomic E-state index is 12.9. The summed E-state index contributed by atoms with van der Waals surface area (Å²) >= 11 is 2.76. The molecule has 0 radical (unpaired) electrons. The van der Waals surface area contributed by atoms with Crippen LogP contribution in [0, 0.1) is 11.3 Å². The smallest absolute Gasteiger partial charge is 0.351 e. The summed E-state index contributed by atoms with van der Waals surface area (Å²) in [6.07, 6.45) is 3.66. The Bertz CT molecular complexity index is 1490. The first-order chi connectivity index (χ1) is 16.5. The van der Waals surface area contributed by atoms with E-state index >= 15 is 0 Å². The number of esters is 1. The van der Waals surface area contributed by atoms with Crippen molar-refractivity contribution in [1.82, 2.24) is 4.57 Å². The minimum atomic E-state index is -0.714. The number of thiazole rings is 1. The van der Waals surface area contributed by atoms with Crippen molar-refractivity contribution in [2.45, 2.75) is 25.3 Å². The highest BCUT2D eigenvalue weighted by molar-refractivity contribution is 8.03. The molecule has 3 aromatic rings. The second-order valence-corrected chi connectivity index (χ2v) is 9.50. The molecule has 8 heteroatoms. The van der Waals surface area contributed by atoms with Gasteiger partial charge < -0.3 is 9.64 Å². The number of nitriles is 1. The van der Waals surface area contributed by atoms with Crippen LogP contribution in [0.5, 0.6) is 0 Å². The van der Waals surface area contributed by atoms with E-state index in [9.17, 15) is 14.9 Å². The monoisotopic (exact) mass is 489 g/mol. The van der Waals surface area contributed by atoms with Crippen LogP contribution in [0.1, 0.15) is 13.8 Å². The van der Waals surface area contributed by atoms with Crippen molar-refractivity contribution in [2.24, 2.45) is 0 Å². The molecule has 0 spiro atoms. The second kappa shape index (κ2) is 10.2. The predicted octanol–water partition coefficient (Wildman–Crippen LogP) is 3.70. The van der Waals surface area contributed by atoms with Crippen molar-refractivity contribution in [3.05, 3.63) is 79.2 Å². The molecular weight excluding hydrogens is 466 g/mol. The number of hydrogen-bond acceptors (Lipinski definition) is 7. The normalized spacial score (nSPS) is 15.3. The number of rotatable bonds is 5. The highest BCUT2D eigenvalue weighted by Gasteiger charge is 2.22. The number of fused-ring (bicyclic) bond motifs is 1. The number of nitrogens with zero attached hydrogens (tertiary/aromatic N) is 3. The molecule has 0 aliphatic carbocycles. The van der Waals surface area contributed by atoms with Crippen molar-refractivity contribution in [2.75, 3.05) is 18.6 Å². The number of hydrogen-bond donors (Lipinski definition) is 0. The van der Waals surface area contributed by atoms with Crippen molar-refractivity contribution < 1.29 is 9.53 Å². The SMILES string of the molecule is CCOC(=O)C(C#N)=c1sc(=C/C=C2\Sc3ccc(-c4ccccc4)cc3N2C)c(=O)n1CC. The van der Waals surface area contributed by atoms with Gasteiger partial charge in [-0.1, -0.05) is 48.2 Å². The molecule has 172 valence electrons. The minimum absolute atomic E-state index is 0.147. The zero-order valence-electron chi connectivity index (χ0n) is 19.1. The van der Waals surface area contributed by atoms with Gasteiger partial charge in [0.2, 0.25) is 0 Å². The third kappa shape index (κ3) is 4.45. The first kappa shape index (κ1) is 23.6. The van der Waals surface area contributed by atoms with Gasteiger partial charge in [-0.3, -0.25) is 9.36 Å². The van der Waals surface area contributed by atoms with Crippen LogP contribution in [0.15, 0.2) is 69.3 Å². The van der Waals surface area contributed by atoms with Crippen LogP contribution < -0.4 is 19.7 Å². The van der Waals surface area contributed by atoms with E-state index in [0.29, 0.717) is 15.7 Å². The summed E-state index contributed by atoms with van der Waals surface area (Å²) in [5.41, 5.74) is 3.03. The Kier molecular flexibility index (Phi) is 7.06. The molecule has 0 bridgehead atoms. The van der Waals surface area contributed by atoms with Crippen LogP contribution in [-0.4, -0.2) is 24.2 Å². The quantitative estimate of drug-likeness (QED) is 0.509. The number of thioether (sulfide) groups is 1. The van der Waals surface area contributed by atoms with Gasteiger partial charge in [0.1, 0.15) is 10.7 Å². The van der Waals surface area contributed by atoms with E-state index in [1.54, 1.807) is 24.8 Å². The zero-order valence-corrected chi connectivity index (χ0v) is 20.7. The van der Waals surface area contributed by atoms with Crippen LogP contribution >= 0.6 is 23.1 Å². The number of allylic oxidation sites excluding steroid dienone is 1. The number of ether oxygens (including phenoxy) is 1. The Morgan fingerprint density at radius 3 is 2.56 bits per heavy atom. The molecule has 0 saturated carbocycles. The Hall–Kier alpha value is -3.54. The molecule has 0 N–H and O–H groups in total. The van der Waals surface area contributed by atoms with Gasteiger partial charge >= 0.3 is 5.97 Å². The lowest BCUT2D eigenvalue weighted by atomic mass is 10.1. The average Bonchev–Trinajstić information content (AvgIpc) is 3.34. The Morgan fingerprint density at radius 2 is 1.88 bits per heavy atom. The van der Waals surface area contributed by atoms with Gasteiger partial charge in [-0.2, -0.15) is 5.26 Å². The average molecular weight is 490 g/mol. The van der Waals surface area contributed by atoms with Crippen LogP contribution in [0.4, 0.5) is 5.69 Å². The Labute approximate surface area is 205 Å². The lowest BCUT2D eigenvalue weighted by Crippen LogP contribution is -2.32. The van der Waals surface area contributed by atoms with E-state index in [4.69, 9.17) is 4.74 Å². The predicted molar refractivity (Wildman–Crippen MR) is 138 cm³/mol. The third-order valence-corrected chi connectivity index (χ3v) is 7.71. The standard InChI is InChI=1S/C26H23N3O3S2/c1-4-29-24(30)22(34-25(29)19(16-27)26(31)32-5-2)13-14-23-28(3)20-15-18(11-12-21(20)33-23)17-9-7-6-8-10-17/h6-15H,4-5H2,1-3H3/b22-13?,23-14-,25-19?. The lowest BCUT2D eigenvalue weighted by Gasteiger charge is -2.14. The molecule has 0 fully saturated rings. The molecule has 2 aromatic carbocycles. The Morgan fingerprint density at radius 1 is 1.12 bits per heavy atom. The van der Waals surface area contributed by atoms with Gasteiger partial charge in [-0.15, -0.1) is 11.3 Å². The van der Waals surface area contributed by atoms with E-state index in [1.807, 2.05) is 44.3 Å². The lowest BCUT2D eigenvalue weighted by molar-refractivity contribution is -0.136. The van der Waals surface area contributed by atoms with E-state index in [2.05, 4.69) is 35.2 Å². The molecule has 0 atom stereocenters. The van der Waals surface area contributed by atoms with E-state index in [1.165, 1.54) is 4.57 Å². The summed E-state index contributed by atoms with van der Waals surface area (Å²) < 4.78 is 7.21. The molecule has 1 aromatic heterocycles. The molecule has 2 heterocycles. The fourth-order valence-electron chi connectivity index (χ4n) is 3.66. The van der Waals surface area contributed by atoms with Crippen molar-refractivity contribution in [3.63, 3.8) is 0 Å². The summed E-state index contributed by atoms with van der Waals surface area (Å²) in [6, 6.07) is 18.5. The maximum Gasteiger partial charge on any atom is 0.351 e. The fourth-order valence-corrected chi connectivity index (χ4v) is 5.79. The van der Waals surface area contributed by atoms with Crippen molar-refractivity contribution >= 4 is 46.4 Å². The van der Waals surface area contributed by atoms with Gasteiger partial charge in [-0.05, 0) is 49.3 Å². The summed E-state index contributed by atoms with van der Waals surface area (Å²) in [6.45, 7) is 3.99. The molecule has 4 rings (SSSR count). The van der Waals surface area contributed by atoms with Crippen molar-refractivity contribution in [3.8, 4) is 17.2 Å². The third-order valence-electron chi connectivity index (χ3n) is 5.38. The summed E-state index contributed by atoms with van der Waals surface area (Å²) in [5.74, 6) is -0.714. The molecule has 0 amide bonds. The molecular formula is C26H23N3O3S2. The largest absolute Gasteiger partial charge is 0.462 e. The van der Waals surface area contributed by atoms with E-state index in [-0.39, 0.29) is 17.7 Å². The Balaban J connectivity index is 1.73. The highest BCUT2D eigenvalue weighted by Crippen LogP contribution is 2.46. The van der Waals surface area contributed by atoms with Gasteiger partial charge in [-0.25, -0.2) is 4.79 Å². The summed E-state index contributed by atoms with van der Waals surface area (Å²) in [4.78, 5) is 28.4. The number of benzene rings is 2. The molecule has 1 aliphatic heterocycles. The van der Waals surface area contributed by atoms with E-state index in [0.717, 1.165) is 38.1 Å². The van der Waals surface area contributed by atoms with Crippen LogP contribution in [-0.2, 0) is 16.1 Å². The number of carbonyl (C=O) groups is 1. The highest BCUT2D eigenvalue weighted by atomic mass is 32.2. The summed E-state index contributed by atoms with van der Waals surface area (Å²) in [5, 5.41) is 10.5. The van der Waals surface area contributed by atoms with Crippen LogP contribution in [0.25, 0.3) is 22.8 Å². The molecule has 1 aliphatic rings. The molecule has 0 saturated heterocycles. The van der Waals surface area contributed by atoms with Gasteiger partial charge in [0.15, 0.2) is 5.57 Å². The number of aromatic nitrogens is 1. The maximum atomic E-state index is 12.9. The van der Waals surface area contributed by atoms with Crippen LogP contribution in [0.2, 0.25) is 0 Å². The topological polar surface area (TPSA) is 75.3 Å². The first-order valence-corrected chi connectivity index (χ1v) is 12.5. The van der Waals surface area contributed by atoms with Gasteiger partial charge in [0.05, 0.1) is 21.9 Å². The second-order valence-electron chi connectivity index (χ2n) is 7.41. The molecule has 6 nitrogen and oxygen atoms in total.